The number of esters is 1. The highest BCUT2D eigenvalue weighted by Gasteiger charge is 2.45. The monoisotopic (exact) mass is 972 g/mol. The van der Waals surface area contributed by atoms with Gasteiger partial charge in [-0.15, -0.1) is 0 Å². The van der Waals surface area contributed by atoms with Crippen LogP contribution in [0.4, 0.5) is 11.4 Å². The number of aliphatic hydroxyl groups excluding tert-OH is 1. The zero-order valence-electron chi connectivity index (χ0n) is 42.2. The minimum absolute atomic E-state index is 0.000509. The predicted octanol–water partition coefficient (Wildman–Crippen LogP) is 7.35. The Kier molecular flexibility index (Phi) is 20.4. The Hall–Kier alpha value is -5.28. The van der Waals surface area contributed by atoms with E-state index in [1.165, 1.54) is 40.6 Å². The minimum Gasteiger partial charge on any atom is -0.497 e. The summed E-state index contributed by atoms with van der Waals surface area (Å²) in [5.74, 6) is -3.74. The summed E-state index contributed by atoms with van der Waals surface area (Å²) in [5, 5.41) is 25.0. The van der Waals surface area contributed by atoms with Gasteiger partial charge in [-0.3, -0.25) is 9.59 Å². The Morgan fingerprint density at radius 1 is 0.826 bits per heavy atom. The van der Waals surface area contributed by atoms with Crippen LogP contribution in [0.1, 0.15) is 103 Å². The van der Waals surface area contributed by atoms with Gasteiger partial charge in [0.05, 0.1) is 69.0 Å². The number of carboxylic acid groups (broad SMARTS) is 1. The molecule has 384 valence electrons. The van der Waals surface area contributed by atoms with Crippen molar-refractivity contribution >= 4 is 35.1 Å². The highest BCUT2D eigenvalue weighted by molar-refractivity contribution is 6.04. The predicted molar refractivity (Wildman–Crippen MR) is 254 cm³/mol. The van der Waals surface area contributed by atoms with Crippen molar-refractivity contribution in [1.29, 1.82) is 0 Å². The first-order valence-electron chi connectivity index (χ1n) is 22.9. The fourth-order valence-electron chi connectivity index (χ4n) is 7.79. The summed E-state index contributed by atoms with van der Waals surface area (Å²) in [6, 6.07) is 5.94. The van der Waals surface area contributed by atoms with Gasteiger partial charge in [-0.2, -0.15) is 0 Å². The number of methoxy groups -OCH3 is 4. The smallest absolute Gasteiger partial charge is 0.344 e. The number of aromatic carboxylic acids is 1. The lowest BCUT2D eigenvalue weighted by molar-refractivity contribution is -0.150. The first kappa shape index (κ1) is 56.3. The van der Waals surface area contributed by atoms with E-state index in [2.05, 4.69) is 10.6 Å². The van der Waals surface area contributed by atoms with Crippen LogP contribution in [0.25, 0.3) is 0 Å². The fourth-order valence-corrected chi connectivity index (χ4v) is 7.79. The lowest BCUT2D eigenvalue weighted by Gasteiger charge is -2.24. The van der Waals surface area contributed by atoms with Gasteiger partial charge in [-0.25, -0.2) is 9.59 Å². The highest BCUT2D eigenvalue weighted by Crippen LogP contribution is 2.39. The molecule has 19 nitrogen and oxygen atoms in total. The number of cyclic esters (lactones) is 1. The van der Waals surface area contributed by atoms with Gasteiger partial charge in [0.15, 0.2) is 25.2 Å². The number of hydrogen-bond donors (Lipinski definition) is 4. The largest absolute Gasteiger partial charge is 0.497 e. The second-order valence-electron chi connectivity index (χ2n) is 18.3. The molecule has 2 fully saturated rings. The lowest BCUT2D eigenvalue weighted by Crippen LogP contribution is -2.33. The second-order valence-corrected chi connectivity index (χ2v) is 18.3. The van der Waals surface area contributed by atoms with Gasteiger partial charge in [-0.1, -0.05) is 52.0 Å². The molecule has 3 heterocycles. The molecule has 3 aliphatic rings. The standard InChI is InChI=1S/C25H37NO9.C25H35NO8/c1-14(16(3)27)8-9-15(2)23-20(34-25(4,5)35-23)12-21(28)26-18-10-17(32-7)11-19(33-13-31-6)22(18)24(29)30;1-14-8-9-15(2)23-20(33-25(4,5)34-23)12-21(27)26-18-10-17(30-7)11-19(31-13-29-6)22(18)24(28)32-16(14)3/h8-11,14-16,20,23,27H,12-13H2,1-7H3,(H,26,28)(H,29,30);8-11,14-16,20,23H,12-13H2,1-7H3,(H,26,27)/b2*9-8-/t14-,15?,16-,20+,23-;14-,15?,16+,20+,23-/m11/s1. The molecule has 2 saturated heterocycles. The molecule has 19 heteroatoms. The van der Waals surface area contributed by atoms with Crippen molar-refractivity contribution in [3.63, 3.8) is 0 Å². The molecule has 5 rings (SSSR count). The Labute approximate surface area is 405 Å². The summed E-state index contributed by atoms with van der Waals surface area (Å²) in [6.45, 7) is 18.3. The molecule has 2 amide bonds. The van der Waals surface area contributed by atoms with Crippen molar-refractivity contribution in [2.75, 3.05) is 52.7 Å². The first-order valence-corrected chi connectivity index (χ1v) is 22.9. The maximum atomic E-state index is 13.2. The van der Waals surface area contributed by atoms with E-state index in [0.717, 1.165) is 0 Å². The van der Waals surface area contributed by atoms with Crippen LogP contribution >= 0.6 is 0 Å². The van der Waals surface area contributed by atoms with E-state index in [9.17, 15) is 29.4 Å². The summed E-state index contributed by atoms with van der Waals surface area (Å²) >= 11 is 0. The van der Waals surface area contributed by atoms with Crippen LogP contribution in [-0.4, -0.2) is 124 Å². The third kappa shape index (κ3) is 15.9. The van der Waals surface area contributed by atoms with Crippen molar-refractivity contribution in [1.82, 2.24) is 0 Å². The van der Waals surface area contributed by atoms with E-state index in [0.29, 0.717) is 11.5 Å². The highest BCUT2D eigenvalue weighted by atomic mass is 16.8. The zero-order valence-corrected chi connectivity index (χ0v) is 42.2. The van der Waals surface area contributed by atoms with E-state index in [1.807, 2.05) is 72.8 Å². The molecule has 69 heavy (non-hydrogen) atoms. The maximum absolute atomic E-state index is 13.2. The third-order valence-corrected chi connectivity index (χ3v) is 11.7. The molecule has 10 atom stereocenters. The number of anilines is 2. The van der Waals surface area contributed by atoms with Crippen LogP contribution < -0.4 is 29.6 Å². The Morgan fingerprint density at radius 3 is 2.03 bits per heavy atom. The van der Waals surface area contributed by atoms with E-state index >= 15 is 0 Å². The van der Waals surface area contributed by atoms with Gasteiger partial charge in [0.2, 0.25) is 11.8 Å². The molecule has 3 aliphatic heterocycles. The normalized spacial score (nSPS) is 26.0. The Balaban J connectivity index is 0.000000301. The number of nitrogens with one attached hydrogen (secondary N) is 2. The summed E-state index contributed by atoms with van der Waals surface area (Å²) in [4.78, 5) is 51.3. The molecule has 2 aromatic rings. The summed E-state index contributed by atoms with van der Waals surface area (Å²) in [7, 11) is 5.79. The van der Waals surface area contributed by atoms with Crippen LogP contribution in [0.15, 0.2) is 48.6 Å². The zero-order chi connectivity index (χ0) is 51.4. The maximum Gasteiger partial charge on any atom is 0.344 e. The van der Waals surface area contributed by atoms with Gasteiger partial charge in [0, 0.05) is 56.2 Å². The number of carbonyl (C=O) groups excluding carboxylic acids is 3. The number of ether oxygens (including phenoxy) is 11. The number of hydrogen-bond acceptors (Lipinski definition) is 16. The van der Waals surface area contributed by atoms with Crippen LogP contribution in [-0.2, 0) is 42.7 Å². The van der Waals surface area contributed by atoms with E-state index in [4.69, 9.17) is 52.1 Å². The van der Waals surface area contributed by atoms with Crippen LogP contribution in [0, 0.1) is 23.7 Å². The van der Waals surface area contributed by atoms with Crippen LogP contribution in [0.3, 0.4) is 0 Å². The first-order chi connectivity index (χ1) is 32.4. The molecule has 0 aromatic heterocycles. The number of carbonyl (C=O) groups is 4. The quantitative estimate of drug-likeness (QED) is 0.0731. The van der Waals surface area contributed by atoms with Crippen LogP contribution in [0.5, 0.6) is 23.0 Å². The summed E-state index contributed by atoms with van der Waals surface area (Å²) in [5.41, 5.74) is 0.109. The van der Waals surface area contributed by atoms with Crippen molar-refractivity contribution in [2.45, 2.75) is 130 Å². The van der Waals surface area contributed by atoms with Gasteiger partial charge >= 0.3 is 11.9 Å². The van der Waals surface area contributed by atoms with Crippen molar-refractivity contribution in [2.24, 2.45) is 23.7 Å². The van der Waals surface area contributed by atoms with Gasteiger partial charge in [-0.05, 0) is 47.5 Å². The lowest BCUT2D eigenvalue weighted by atomic mass is 9.94. The number of rotatable bonds is 16. The number of carboxylic acids is 1. The fraction of sp³-hybridized carbons (Fsp3) is 0.600. The number of amides is 2. The third-order valence-electron chi connectivity index (χ3n) is 11.7. The number of benzene rings is 2. The average molecular weight is 973 g/mol. The van der Waals surface area contributed by atoms with E-state index < -0.39 is 59.9 Å². The summed E-state index contributed by atoms with van der Waals surface area (Å²) in [6.07, 6.45) is 5.17. The molecule has 4 N–H and O–H groups in total. The molecule has 0 radical (unpaired) electrons. The van der Waals surface area contributed by atoms with Crippen molar-refractivity contribution in [3.8, 4) is 23.0 Å². The van der Waals surface area contributed by atoms with Gasteiger partial charge in [0.25, 0.3) is 0 Å². The molecular formula is C50H72N2O17. The molecule has 0 saturated carbocycles. The van der Waals surface area contributed by atoms with Crippen molar-refractivity contribution in [3.05, 3.63) is 59.7 Å². The Bertz CT molecular complexity index is 2140. The molecular weight excluding hydrogens is 901 g/mol. The molecule has 0 bridgehead atoms. The van der Waals surface area contributed by atoms with Gasteiger partial charge < -0.3 is 73.0 Å². The number of aliphatic hydroxyl groups is 1. The number of fused-ring (bicyclic) bond motifs is 2. The molecule has 0 aliphatic carbocycles. The summed E-state index contributed by atoms with van der Waals surface area (Å²) < 4.78 is 61.5. The average Bonchev–Trinajstić information content (AvgIpc) is 3.76. The molecule has 2 unspecified atom stereocenters. The topological polar surface area (TPSA) is 234 Å². The van der Waals surface area contributed by atoms with Crippen LogP contribution in [0.2, 0.25) is 0 Å². The minimum atomic E-state index is -1.28. The molecule has 0 spiro atoms. The van der Waals surface area contributed by atoms with E-state index in [1.54, 1.807) is 32.9 Å². The van der Waals surface area contributed by atoms with E-state index in [-0.39, 0.29) is 96.1 Å². The van der Waals surface area contributed by atoms with Crippen molar-refractivity contribution < 1.29 is 81.5 Å². The SMILES string of the molecule is COCOc1cc(OC)cc(NC(=O)C[C@@H]2OC(C)(C)O[C@@H]2C(C)/C=C\[C@@H](C)[C@@H](C)O)c1C(=O)O.COCOc1cc(OC)cc2c1C(=O)O[C@@H](C)[C@H](C)/C=C\C(C)[C@H]1OC(C)(C)O[C@H]1CC(=O)N2. The second kappa shape index (κ2) is 25.0. The Morgan fingerprint density at radius 2 is 1.42 bits per heavy atom. The molecule has 2 aromatic carbocycles. The van der Waals surface area contributed by atoms with Gasteiger partial charge in [0.1, 0.15) is 40.2 Å².